The van der Waals surface area contributed by atoms with Crippen molar-refractivity contribution in [1.82, 2.24) is 10.6 Å². The van der Waals surface area contributed by atoms with E-state index in [9.17, 15) is 8.42 Å². The monoisotopic (exact) mass is 293 g/mol. The predicted molar refractivity (Wildman–Crippen MR) is 78.0 cm³/mol. The van der Waals surface area contributed by atoms with Crippen LogP contribution in [0.2, 0.25) is 0 Å². The molecule has 5 nitrogen and oxygen atoms in total. The standard InChI is InChI=1S/C11H23N3O2S2/c1-8(2)18(15,16)7-13-9-3-5-10(6-4-9)14-11(12)17/h8-10,13H,3-7H2,1-2H3,(H3,12,14,17)/t9-,10-. The Bertz CT molecular complexity index is 374. The minimum absolute atomic E-state index is 0.0722. The van der Waals surface area contributed by atoms with Gasteiger partial charge in [-0.2, -0.15) is 0 Å². The highest BCUT2D eigenvalue weighted by molar-refractivity contribution is 7.91. The van der Waals surface area contributed by atoms with Crippen LogP contribution in [0.4, 0.5) is 0 Å². The Labute approximate surface area is 115 Å². The first-order chi connectivity index (χ1) is 8.31. The first kappa shape index (κ1) is 15.7. The van der Waals surface area contributed by atoms with Crippen LogP contribution in [0.15, 0.2) is 0 Å². The van der Waals surface area contributed by atoms with Gasteiger partial charge in [0.25, 0.3) is 0 Å². The van der Waals surface area contributed by atoms with Gasteiger partial charge >= 0.3 is 0 Å². The molecule has 4 N–H and O–H groups in total. The van der Waals surface area contributed by atoms with Crippen LogP contribution in [-0.4, -0.2) is 36.7 Å². The van der Waals surface area contributed by atoms with Gasteiger partial charge in [-0.05, 0) is 51.7 Å². The molecule has 1 rings (SSSR count). The molecule has 0 aromatic heterocycles. The largest absolute Gasteiger partial charge is 0.376 e. The molecule has 0 amide bonds. The minimum Gasteiger partial charge on any atom is -0.376 e. The van der Waals surface area contributed by atoms with Gasteiger partial charge < -0.3 is 16.4 Å². The van der Waals surface area contributed by atoms with E-state index in [2.05, 4.69) is 10.6 Å². The molecule has 1 aliphatic rings. The highest BCUT2D eigenvalue weighted by atomic mass is 32.2. The number of nitrogens with one attached hydrogen (secondary N) is 2. The molecule has 0 saturated heterocycles. The maximum atomic E-state index is 11.7. The number of thiocarbonyl (C=S) groups is 1. The van der Waals surface area contributed by atoms with Gasteiger partial charge in [-0.3, -0.25) is 0 Å². The van der Waals surface area contributed by atoms with Crippen LogP contribution in [0.3, 0.4) is 0 Å². The summed E-state index contributed by atoms with van der Waals surface area (Å²) in [5.74, 6) is 0.0722. The van der Waals surface area contributed by atoms with E-state index in [0.29, 0.717) is 11.2 Å². The molecule has 0 bridgehead atoms. The number of hydrogen-bond donors (Lipinski definition) is 3. The highest BCUT2D eigenvalue weighted by Gasteiger charge is 2.23. The zero-order valence-electron chi connectivity index (χ0n) is 11.0. The van der Waals surface area contributed by atoms with E-state index in [-0.39, 0.29) is 17.2 Å². The van der Waals surface area contributed by atoms with Crippen LogP contribution in [0.25, 0.3) is 0 Å². The maximum Gasteiger partial charge on any atom is 0.165 e. The van der Waals surface area contributed by atoms with Crippen molar-refractivity contribution in [2.75, 3.05) is 5.88 Å². The van der Waals surface area contributed by atoms with E-state index < -0.39 is 9.84 Å². The summed E-state index contributed by atoms with van der Waals surface area (Å²) in [6.45, 7) is 3.42. The maximum absolute atomic E-state index is 11.7. The molecule has 0 atom stereocenters. The van der Waals surface area contributed by atoms with E-state index in [1.54, 1.807) is 13.8 Å². The summed E-state index contributed by atoms with van der Waals surface area (Å²) in [7, 11) is -3.00. The van der Waals surface area contributed by atoms with E-state index >= 15 is 0 Å². The molecule has 18 heavy (non-hydrogen) atoms. The molecular formula is C11H23N3O2S2. The molecule has 106 valence electrons. The second-order valence-corrected chi connectivity index (χ2v) is 8.11. The molecule has 1 aliphatic carbocycles. The van der Waals surface area contributed by atoms with Crippen LogP contribution < -0.4 is 16.4 Å². The van der Waals surface area contributed by atoms with Gasteiger partial charge in [0.15, 0.2) is 14.9 Å². The molecule has 1 fully saturated rings. The van der Waals surface area contributed by atoms with Gasteiger partial charge in [-0.1, -0.05) is 0 Å². The Morgan fingerprint density at radius 2 is 1.78 bits per heavy atom. The van der Waals surface area contributed by atoms with E-state index in [1.807, 2.05) is 0 Å². The average Bonchev–Trinajstić information content (AvgIpc) is 2.27. The van der Waals surface area contributed by atoms with Gasteiger partial charge in [-0.25, -0.2) is 8.42 Å². The first-order valence-corrected chi connectivity index (χ1v) is 8.44. The normalized spacial score (nSPS) is 25.1. The fraction of sp³-hybridized carbons (Fsp3) is 0.909. The summed E-state index contributed by atoms with van der Waals surface area (Å²) in [4.78, 5) is 0. The highest BCUT2D eigenvalue weighted by Crippen LogP contribution is 2.18. The molecule has 0 heterocycles. The molecule has 0 unspecified atom stereocenters. The van der Waals surface area contributed by atoms with Crippen molar-refractivity contribution in [2.45, 2.75) is 56.9 Å². The summed E-state index contributed by atoms with van der Waals surface area (Å²) in [5.41, 5.74) is 5.43. The summed E-state index contributed by atoms with van der Waals surface area (Å²) in [5, 5.41) is 6.21. The third-order valence-corrected chi connectivity index (χ3v) is 5.49. The summed E-state index contributed by atoms with van der Waals surface area (Å²) in [6, 6.07) is 0.616. The fourth-order valence-corrected chi connectivity index (χ4v) is 3.01. The van der Waals surface area contributed by atoms with Crippen molar-refractivity contribution in [3.8, 4) is 0 Å². The lowest BCUT2D eigenvalue weighted by Gasteiger charge is -2.30. The summed E-state index contributed by atoms with van der Waals surface area (Å²) in [6.07, 6.45) is 3.84. The van der Waals surface area contributed by atoms with Crippen molar-refractivity contribution < 1.29 is 8.42 Å². The van der Waals surface area contributed by atoms with Gasteiger partial charge in [0.1, 0.15) is 0 Å². The van der Waals surface area contributed by atoms with Crippen molar-refractivity contribution in [2.24, 2.45) is 5.73 Å². The summed E-state index contributed by atoms with van der Waals surface area (Å²) < 4.78 is 23.3. The summed E-state index contributed by atoms with van der Waals surface area (Å²) >= 11 is 4.81. The number of nitrogens with two attached hydrogens (primary N) is 1. The van der Waals surface area contributed by atoms with Crippen molar-refractivity contribution in [3.05, 3.63) is 0 Å². The lowest BCUT2D eigenvalue weighted by atomic mass is 9.91. The Morgan fingerprint density at radius 1 is 1.28 bits per heavy atom. The quantitative estimate of drug-likeness (QED) is 0.640. The van der Waals surface area contributed by atoms with Gasteiger partial charge in [0.05, 0.1) is 11.1 Å². The Hall–Kier alpha value is -0.400. The second kappa shape index (κ2) is 6.68. The molecule has 0 aliphatic heterocycles. The van der Waals surface area contributed by atoms with Crippen molar-refractivity contribution in [1.29, 1.82) is 0 Å². The molecule has 1 saturated carbocycles. The average molecular weight is 293 g/mol. The first-order valence-electron chi connectivity index (χ1n) is 6.32. The zero-order chi connectivity index (χ0) is 13.8. The smallest absolute Gasteiger partial charge is 0.165 e. The van der Waals surface area contributed by atoms with Crippen LogP contribution in [0, 0.1) is 0 Å². The van der Waals surface area contributed by atoms with Crippen molar-refractivity contribution >= 4 is 27.2 Å². The zero-order valence-corrected chi connectivity index (χ0v) is 12.6. The number of sulfone groups is 1. The lowest BCUT2D eigenvalue weighted by Crippen LogP contribution is -2.45. The Balaban J connectivity index is 2.30. The molecule has 0 aromatic carbocycles. The van der Waals surface area contributed by atoms with E-state index in [4.69, 9.17) is 18.0 Å². The van der Waals surface area contributed by atoms with Gasteiger partial charge in [0, 0.05) is 12.1 Å². The number of hydrogen-bond acceptors (Lipinski definition) is 4. The molecular weight excluding hydrogens is 270 g/mol. The SMILES string of the molecule is CC(C)S(=O)(=O)CN[C@H]1CC[C@H](NC(N)=S)CC1. The van der Waals surface area contributed by atoms with Gasteiger partial charge in [0.2, 0.25) is 0 Å². The molecule has 0 spiro atoms. The fourth-order valence-electron chi connectivity index (χ4n) is 2.04. The van der Waals surface area contributed by atoms with E-state index in [1.165, 1.54) is 0 Å². The van der Waals surface area contributed by atoms with Crippen molar-refractivity contribution in [3.63, 3.8) is 0 Å². The third kappa shape index (κ3) is 5.07. The second-order valence-electron chi connectivity index (χ2n) is 5.12. The lowest BCUT2D eigenvalue weighted by molar-refractivity contribution is 0.338. The van der Waals surface area contributed by atoms with Gasteiger partial charge in [-0.15, -0.1) is 0 Å². The molecule has 7 heteroatoms. The topological polar surface area (TPSA) is 84.2 Å². The predicted octanol–water partition coefficient (Wildman–Crippen LogP) is 0.501. The number of rotatable bonds is 5. The third-order valence-electron chi connectivity index (χ3n) is 3.36. The van der Waals surface area contributed by atoms with Crippen LogP contribution >= 0.6 is 12.2 Å². The Morgan fingerprint density at radius 3 is 2.22 bits per heavy atom. The van der Waals surface area contributed by atoms with E-state index in [0.717, 1.165) is 25.7 Å². The molecule has 0 radical (unpaired) electrons. The van der Waals surface area contributed by atoms with Crippen LogP contribution in [-0.2, 0) is 9.84 Å². The van der Waals surface area contributed by atoms with Crippen LogP contribution in [0.1, 0.15) is 39.5 Å². The Kier molecular flexibility index (Phi) is 5.81. The minimum atomic E-state index is -3.00. The van der Waals surface area contributed by atoms with Crippen LogP contribution in [0.5, 0.6) is 0 Å². The molecule has 0 aromatic rings.